The number of benzene rings is 8. The summed E-state index contributed by atoms with van der Waals surface area (Å²) < 4.78 is 2.75. The maximum atomic E-state index is 2.58. The molecule has 11 rings (SSSR count). The van der Waals surface area contributed by atoms with Gasteiger partial charge in [0.15, 0.2) is 8.07 Å². The van der Waals surface area contributed by atoms with Crippen molar-refractivity contribution in [2.45, 2.75) is 6.55 Å². The number of para-hydroxylation sites is 1. The van der Waals surface area contributed by atoms with E-state index in [1.807, 2.05) is 11.3 Å². The Kier molecular flexibility index (Phi) is 6.90. The van der Waals surface area contributed by atoms with Gasteiger partial charge in [-0.3, -0.25) is 0 Å². The molecule has 2 aliphatic heterocycles. The molecule has 1 radical (unpaired) electrons. The van der Waals surface area contributed by atoms with E-state index in [-0.39, 0.29) is 0 Å². The van der Waals surface area contributed by atoms with Gasteiger partial charge in [0.25, 0.3) is 0 Å². The molecule has 0 amide bonds. The predicted octanol–water partition coefficient (Wildman–Crippen LogP) is 9.10. The van der Waals surface area contributed by atoms with Crippen LogP contribution in [0.1, 0.15) is 0 Å². The highest BCUT2D eigenvalue weighted by atomic mass is 32.1. The van der Waals surface area contributed by atoms with E-state index in [1.165, 1.54) is 90.6 Å². The number of rotatable bonds is 5. The molecule has 0 bridgehead atoms. The number of nitrogens with zero attached hydrogens (tertiary/aromatic N) is 1. The first-order chi connectivity index (χ1) is 26.2. The molecule has 4 heteroatoms. The topological polar surface area (TPSA) is 3.24 Å². The number of fused-ring (bicyclic) bond motifs is 10. The largest absolute Gasteiger partial charge is 0.311 e. The zero-order valence-corrected chi connectivity index (χ0v) is 32.1. The van der Waals surface area contributed by atoms with Crippen LogP contribution in [0, 0.1) is 0 Å². The zero-order chi connectivity index (χ0) is 35.1. The maximum absolute atomic E-state index is 2.77. The van der Waals surface area contributed by atoms with Crippen LogP contribution in [-0.2, 0) is 0 Å². The summed E-state index contributed by atoms with van der Waals surface area (Å²) in [7, 11) is -3.76. The third-order valence-corrected chi connectivity index (χ3v) is 20.2. The summed E-state index contributed by atoms with van der Waals surface area (Å²) in [6.45, 7) is 2.47. The second-order valence-electron chi connectivity index (χ2n) is 14.2. The van der Waals surface area contributed by atoms with E-state index in [0.29, 0.717) is 0 Å². The van der Waals surface area contributed by atoms with Crippen molar-refractivity contribution < 1.29 is 0 Å². The average molecular weight is 725 g/mol. The lowest BCUT2D eigenvalue weighted by atomic mass is 10.0. The van der Waals surface area contributed by atoms with Gasteiger partial charge in [-0.25, -0.2) is 0 Å². The number of hydrogen-bond donors (Lipinski definition) is 0. The Morgan fingerprint density at radius 2 is 1.15 bits per heavy atom. The van der Waals surface area contributed by atoms with E-state index in [4.69, 9.17) is 0 Å². The molecule has 0 unspecified atom stereocenters. The Morgan fingerprint density at radius 1 is 0.491 bits per heavy atom. The maximum Gasteiger partial charge on any atom is 0.181 e. The van der Waals surface area contributed by atoms with E-state index >= 15 is 0 Å². The monoisotopic (exact) mass is 724 g/mol. The fraction of sp³-hybridized carbons (Fsp3) is 0.0204. The number of anilines is 3. The standard InChI is InChI=1S/C49H34NSSi2/c1-52-44-27-14-12-23-38(44)40-24-15-25-42(49(40)52)50(33-16-5-2-6-17-33)34-28-29-41-46(32-34)53(35-18-7-3-8-19-35,36-20-9-4-10-21-36)45-31-30-39-37-22-11-13-26-43(37)51-48(39)47(41)45/h2-32H,1H3. The highest BCUT2D eigenvalue weighted by Crippen LogP contribution is 2.44. The van der Waals surface area contributed by atoms with Crippen LogP contribution >= 0.6 is 11.3 Å². The molecule has 0 aliphatic carbocycles. The smallest absolute Gasteiger partial charge is 0.181 e. The van der Waals surface area contributed by atoms with Crippen LogP contribution in [0.15, 0.2) is 188 Å². The van der Waals surface area contributed by atoms with Gasteiger partial charge in [-0.05, 0) is 89.8 Å². The minimum absolute atomic E-state index is 0.990. The van der Waals surface area contributed by atoms with Gasteiger partial charge in [-0.2, -0.15) is 0 Å². The van der Waals surface area contributed by atoms with Crippen molar-refractivity contribution in [3.8, 4) is 22.3 Å². The fourth-order valence-electron chi connectivity index (χ4n) is 9.41. The Labute approximate surface area is 316 Å². The summed E-state index contributed by atoms with van der Waals surface area (Å²) in [5, 5.41) is 11.5. The zero-order valence-electron chi connectivity index (χ0n) is 29.3. The third kappa shape index (κ3) is 4.34. The Morgan fingerprint density at radius 3 is 1.92 bits per heavy atom. The van der Waals surface area contributed by atoms with E-state index in [1.54, 1.807) is 0 Å². The van der Waals surface area contributed by atoms with Crippen LogP contribution in [0.2, 0.25) is 6.55 Å². The molecule has 2 aliphatic rings. The van der Waals surface area contributed by atoms with Crippen molar-refractivity contribution >= 4 is 96.6 Å². The van der Waals surface area contributed by atoms with Gasteiger partial charge in [0.2, 0.25) is 0 Å². The molecule has 0 fully saturated rings. The van der Waals surface area contributed by atoms with E-state index < -0.39 is 16.9 Å². The summed E-state index contributed by atoms with van der Waals surface area (Å²) >= 11 is 1.95. The van der Waals surface area contributed by atoms with E-state index in [0.717, 1.165) is 0 Å². The lowest BCUT2D eigenvalue weighted by Gasteiger charge is -2.33. The van der Waals surface area contributed by atoms with Gasteiger partial charge in [0.1, 0.15) is 8.80 Å². The molecule has 53 heavy (non-hydrogen) atoms. The third-order valence-electron chi connectivity index (χ3n) is 11.6. The summed E-state index contributed by atoms with van der Waals surface area (Å²) in [6, 6.07) is 71.1. The first-order valence-corrected chi connectivity index (χ1v) is 23.2. The molecular weight excluding hydrogens is 691 g/mol. The Bertz CT molecular complexity index is 2820. The Balaban J connectivity index is 1.24. The van der Waals surface area contributed by atoms with Crippen LogP contribution in [0.3, 0.4) is 0 Å². The van der Waals surface area contributed by atoms with Gasteiger partial charge in [-0.15, -0.1) is 11.3 Å². The molecule has 8 aromatic carbocycles. The van der Waals surface area contributed by atoms with Gasteiger partial charge >= 0.3 is 0 Å². The molecule has 1 aromatic heterocycles. The summed E-state index contributed by atoms with van der Waals surface area (Å²) in [4.78, 5) is 2.55. The molecule has 0 saturated carbocycles. The molecule has 1 nitrogen and oxygen atoms in total. The van der Waals surface area contributed by atoms with Gasteiger partial charge in [0.05, 0.1) is 0 Å². The molecular formula is C49H34NSSi2. The van der Waals surface area contributed by atoms with Gasteiger partial charge in [-0.1, -0.05) is 158 Å². The second-order valence-corrected chi connectivity index (χ2v) is 21.3. The highest BCUT2D eigenvalue weighted by Gasteiger charge is 2.50. The van der Waals surface area contributed by atoms with Crippen LogP contribution in [0.25, 0.3) is 42.4 Å². The average Bonchev–Trinajstić information content (AvgIpc) is 3.85. The quantitative estimate of drug-likeness (QED) is 0.160. The number of thiophene rings is 1. The van der Waals surface area contributed by atoms with Crippen molar-refractivity contribution in [3.63, 3.8) is 0 Å². The molecule has 3 heterocycles. The van der Waals surface area contributed by atoms with Crippen LogP contribution < -0.4 is 36.0 Å². The van der Waals surface area contributed by atoms with E-state index in [9.17, 15) is 0 Å². The van der Waals surface area contributed by atoms with Crippen molar-refractivity contribution in [2.24, 2.45) is 0 Å². The second kappa shape index (κ2) is 11.9. The molecule has 0 spiro atoms. The predicted molar refractivity (Wildman–Crippen MR) is 233 cm³/mol. The first-order valence-electron chi connectivity index (χ1n) is 18.4. The summed E-state index contributed by atoms with van der Waals surface area (Å²) in [6.07, 6.45) is 0. The van der Waals surface area contributed by atoms with Gasteiger partial charge < -0.3 is 4.90 Å². The van der Waals surface area contributed by atoms with Crippen molar-refractivity contribution in [1.29, 1.82) is 0 Å². The Hall–Kier alpha value is -5.79. The van der Waals surface area contributed by atoms with Gasteiger partial charge in [0, 0.05) is 37.2 Å². The molecule has 0 atom stereocenters. The fourth-order valence-corrected chi connectivity index (χ4v) is 18.4. The molecule has 9 aromatic rings. The van der Waals surface area contributed by atoms with Crippen LogP contribution in [0.5, 0.6) is 0 Å². The minimum atomic E-state index is -2.77. The van der Waals surface area contributed by atoms with Crippen molar-refractivity contribution in [3.05, 3.63) is 188 Å². The van der Waals surface area contributed by atoms with Crippen molar-refractivity contribution in [2.75, 3.05) is 4.90 Å². The molecule has 249 valence electrons. The summed E-state index contributed by atoms with van der Waals surface area (Å²) in [5.74, 6) is 0. The van der Waals surface area contributed by atoms with Crippen molar-refractivity contribution in [1.82, 2.24) is 0 Å². The van der Waals surface area contributed by atoms with Crippen LogP contribution in [0.4, 0.5) is 17.1 Å². The molecule has 0 saturated heterocycles. The first kappa shape index (κ1) is 30.8. The molecule has 0 N–H and O–H groups in total. The number of hydrogen-bond acceptors (Lipinski definition) is 2. The normalized spacial score (nSPS) is 13.8. The van der Waals surface area contributed by atoms with E-state index in [2.05, 4.69) is 200 Å². The highest BCUT2D eigenvalue weighted by molar-refractivity contribution is 7.28. The summed E-state index contributed by atoms with van der Waals surface area (Å²) in [5.41, 5.74) is 9.25. The van der Waals surface area contributed by atoms with Crippen LogP contribution in [-0.4, -0.2) is 16.9 Å². The minimum Gasteiger partial charge on any atom is -0.311 e. The lowest BCUT2D eigenvalue weighted by Crippen LogP contribution is -2.72. The lowest BCUT2D eigenvalue weighted by molar-refractivity contribution is 1.30. The SMILES string of the molecule is C[Si]1c2ccccc2-c2cccc(N(c3ccccc3)c3ccc4c(c3)[Si](c3ccccc3)(c3ccccc3)c3ccc5c(sc6ccccc65)c3-4)c21.